The highest BCUT2D eigenvalue weighted by Gasteiger charge is 2.30. The van der Waals surface area contributed by atoms with Crippen molar-refractivity contribution in [2.75, 3.05) is 20.2 Å². The highest BCUT2D eigenvalue weighted by molar-refractivity contribution is 7.89. The first kappa shape index (κ1) is 23.8. The number of benzene rings is 3. The van der Waals surface area contributed by atoms with E-state index in [0.717, 1.165) is 5.56 Å². The Hall–Kier alpha value is -3.36. The molecule has 8 heteroatoms. The van der Waals surface area contributed by atoms with Crippen molar-refractivity contribution >= 4 is 15.9 Å². The minimum atomic E-state index is -3.59. The number of hydrogen-bond acceptors (Lipinski definition) is 5. The van der Waals surface area contributed by atoms with E-state index in [1.54, 1.807) is 42.5 Å². The molecule has 34 heavy (non-hydrogen) atoms. The van der Waals surface area contributed by atoms with Crippen LogP contribution in [0.5, 0.6) is 11.5 Å². The van der Waals surface area contributed by atoms with Crippen molar-refractivity contribution in [3.05, 3.63) is 90.0 Å². The quantitative estimate of drug-likeness (QED) is 0.529. The van der Waals surface area contributed by atoms with E-state index in [4.69, 9.17) is 9.47 Å². The maximum Gasteiger partial charge on any atom is 0.255 e. The van der Waals surface area contributed by atoms with Gasteiger partial charge < -0.3 is 14.8 Å². The summed E-state index contributed by atoms with van der Waals surface area (Å²) < 4.78 is 38.4. The first-order valence-electron chi connectivity index (χ1n) is 11.2. The minimum absolute atomic E-state index is 0.114. The lowest BCUT2D eigenvalue weighted by atomic mass is 10.1. The third-order valence-corrected chi connectivity index (χ3v) is 7.77. The molecule has 4 rings (SSSR count). The molecule has 0 aromatic heterocycles. The van der Waals surface area contributed by atoms with Gasteiger partial charge in [0.25, 0.3) is 5.91 Å². The highest BCUT2D eigenvalue weighted by atomic mass is 32.2. The molecule has 3 aromatic rings. The van der Waals surface area contributed by atoms with Crippen molar-refractivity contribution in [2.24, 2.45) is 0 Å². The van der Waals surface area contributed by atoms with E-state index < -0.39 is 10.0 Å². The summed E-state index contributed by atoms with van der Waals surface area (Å²) in [6.45, 7) is 1.05. The van der Waals surface area contributed by atoms with E-state index >= 15 is 0 Å². The number of piperidine rings is 1. The molecule has 0 atom stereocenters. The summed E-state index contributed by atoms with van der Waals surface area (Å²) in [7, 11) is -2.05. The number of nitrogens with zero attached hydrogens (tertiary/aromatic N) is 1. The number of carbonyl (C=O) groups is 1. The van der Waals surface area contributed by atoms with Gasteiger partial charge in [-0.3, -0.25) is 4.79 Å². The van der Waals surface area contributed by atoms with Crippen molar-refractivity contribution in [3.8, 4) is 11.5 Å². The van der Waals surface area contributed by atoms with Crippen molar-refractivity contribution in [1.29, 1.82) is 0 Å². The van der Waals surface area contributed by atoms with Crippen LogP contribution in [0.4, 0.5) is 0 Å². The van der Waals surface area contributed by atoms with E-state index in [2.05, 4.69) is 5.32 Å². The molecule has 1 aliphatic rings. The van der Waals surface area contributed by atoms with Crippen LogP contribution in [0.25, 0.3) is 0 Å². The van der Waals surface area contributed by atoms with E-state index in [-0.39, 0.29) is 16.8 Å². The number of ether oxygens (including phenoxy) is 2. The fourth-order valence-electron chi connectivity index (χ4n) is 3.92. The summed E-state index contributed by atoms with van der Waals surface area (Å²) in [6, 6.07) is 23.2. The molecule has 1 heterocycles. The second-order valence-electron chi connectivity index (χ2n) is 8.10. The van der Waals surface area contributed by atoms with Crippen molar-refractivity contribution in [2.45, 2.75) is 30.4 Å². The summed E-state index contributed by atoms with van der Waals surface area (Å²) in [5, 5.41) is 3.04. The Kier molecular flexibility index (Phi) is 7.49. The van der Waals surface area contributed by atoms with Gasteiger partial charge in [-0.05, 0) is 54.8 Å². The molecule has 1 aliphatic heterocycles. The predicted molar refractivity (Wildman–Crippen MR) is 129 cm³/mol. The molecule has 0 radical (unpaired) electrons. The van der Waals surface area contributed by atoms with Crippen LogP contribution < -0.4 is 14.8 Å². The lowest BCUT2D eigenvalue weighted by Crippen LogP contribution is -2.46. The molecule has 0 saturated carbocycles. The fourth-order valence-corrected chi connectivity index (χ4v) is 5.39. The molecule has 1 saturated heterocycles. The Morgan fingerprint density at radius 2 is 1.59 bits per heavy atom. The van der Waals surface area contributed by atoms with Crippen LogP contribution >= 0.6 is 0 Å². The molecular formula is C26H28N2O5S. The number of carbonyl (C=O) groups excluding carboxylic acids is 1. The Balaban J connectivity index is 1.35. The minimum Gasteiger partial charge on any atom is -0.497 e. The highest BCUT2D eigenvalue weighted by Crippen LogP contribution is 2.24. The smallest absolute Gasteiger partial charge is 0.255 e. The molecule has 7 nitrogen and oxygen atoms in total. The van der Waals surface area contributed by atoms with E-state index in [1.807, 2.05) is 36.4 Å². The number of amides is 1. The van der Waals surface area contributed by atoms with Gasteiger partial charge in [-0.2, -0.15) is 4.31 Å². The van der Waals surface area contributed by atoms with E-state index in [9.17, 15) is 13.2 Å². The van der Waals surface area contributed by atoms with E-state index in [0.29, 0.717) is 49.6 Å². The second-order valence-corrected chi connectivity index (χ2v) is 10.0. The number of para-hydroxylation sites is 1. The first-order valence-corrected chi connectivity index (χ1v) is 12.6. The lowest BCUT2D eigenvalue weighted by molar-refractivity contribution is 0.0919. The Morgan fingerprint density at radius 1 is 0.941 bits per heavy atom. The summed E-state index contributed by atoms with van der Waals surface area (Å²) >= 11 is 0. The van der Waals surface area contributed by atoms with Gasteiger partial charge in [0.2, 0.25) is 10.0 Å². The molecule has 1 amide bonds. The van der Waals surface area contributed by atoms with Gasteiger partial charge >= 0.3 is 0 Å². The van der Waals surface area contributed by atoms with Crippen LogP contribution in [0.1, 0.15) is 28.8 Å². The zero-order chi connectivity index (χ0) is 24.0. The van der Waals surface area contributed by atoms with Crippen molar-refractivity contribution in [1.82, 2.24) is 9.62 Å². The number of hydrogen-bond donors (Lipinski definition) is 1. The molecule has 178 valence electrons. The standard InChI is InChI=1S/C26H28N2O5S/c1-32-22-11-13-23(14-12-22)34(30,31)28-17-15-21(16-18-28)27-26(29)24-9-5-6-10-25(24)33-19-20-7-3-2-4-8-20/h2-14,21H,15-19H2,1H3,(H,27,29). The molecule has 1 fully saturated rings. The first-order chi connectivity index (χ1) is 16.5. The van der Waals surface area contributed by atoms with Crippen LogP contribution in [-0.2, 0) is 16.6 Å². The van der Waals surface area contributed by atoms with Gasteiger partial charge in [0.1, 0.15) is 18.1 Å². The van der Waals surface area contributed by atoms with Crippen LogP contribution in [0, 0.1) is 0 Å². The topological polar surface area (TPSA) is 84.9 Å². The molecule has 1 N–H and O–H groups in total. The summed E-state index contributed by atoms with van der Waals surface area (Å²) in [4.78, 5) is 13.2. The van der Waals surface area contributed by atoms with E-state index in [1.165, 1.54) is 11.4 Å². The SMILES string of the molecule is COc1ccc(S(=O)(=O)N2CCC(NC(=O)c3ccccc3OCc3ccccc3)CC2)cc1. The molecule has 3 aromatic carbocycles. The average Bonchev–Trinajstić information content (AvgIpc) is 2.88. The van der Waals surface area contributed by atoms with Gasteiger partial charge in [0, 0.05) is 19.1 Å². The Labute approximate surface area is 200 Å². The maximum absolute atomic E-state index is 13.0. The van der Waals surface area contributed by atoms with Gasteiger partial charge in [-0.1, -0.05) is 42.5 Å². The Bertz CT molecular complexity index is 1210. The predicted octanol–water partition coefficient (Wildman–Crippen LogP) is 3.86. The zero-order valence-corrected chi connectivity index (χ0v) is 19.8. The van der Waals surface area contributed by atoms with Crippen LogP contribution in [0.3, 0.4) is 0 Å². The third-order valence-electron chi connectivity index (χ3n) is 5.86. The van der Waals surface area contributed by atoms with Crippen LogP contribution in [0.2, 0.25) is 0 Å². The summed E-state index contributed by atoms with van der Waals surface area (Å²) in [5.74, 6) is 0.900. The van der Waals surface area contributed by atoms with Gasteiger partial charge in [0.05, 0.1) is 17.6 Å². The number of sulfonamides is 1. The molecule has 0 spiro atoms. The van der Waals surface area contributed by atoms with Crippen LogP contribution in [-0.4, -0.2) is 44.9 Å². The third kappa shape index (κ3) is 5.58. The average molecular weight is 481 g/mol. The van der Waals surface area contributed by atoms with Gasteiger partial charge in [-0.25, -0.2) is 8.42 Å². The Morgan fingerprint density at radius 3 is 2.26 bits per heavy atom. The second kappa shape index (κ2) is 10.7. The van der Waals surface area contributed by atoms with Crippen molar-refractivity contribution in [3.63, 3.8) is 0 Å². The lowest BCUT2D eigenvalue weighted by Gasteiger charge is -2.31. The van der Waals surface area contributed by atoms with Gasteiger partial charge in [0.15, 0.2) is 0 Å². The zero-order valence-electron chi connectivity index (χ0n) is 19.0. The largest absolute Gasteiger partial charge is 0.497 e. The maximum atomic E-state index is 13.0. The summed E-state index contributed by atoms with van der Waals surface area (Å²) in [6.07, 6.45) is 1.07. The monoisotopic (exact) mass is 480 g/mol. The van der Waals surface area contributed by atoms with Gasteiger partial charge in [-0.15, -0.1) is 0 Å². The molecule has 0 bridgehead atoms. The molecule has 0 unspecified atom stereocenters. The van der Waals surface area contributed by atoms with Crippen LogP contribution in [0.15, 0.2) is 83.8 Å². The van der Waals surface area contributed by atoms with Crippen molar-refractivity contribution < 1.29 is 22.7 Å². The number of rotatable bonds is 8. The fraction of sp³-hybridized carbons (Fsp3) is 0.269. The molecular weight excluding hydrogens is 452 g/mol. The normalized spacial score (nSPS) is 15.0. The number of methoxy groups -OCH3 is 1. The number of nitrogens with one attached hydrogen (secondary N) is 1. The molecule has 0 aliphatic carbocycles. The summed E-state index contributed by atoms with van der Waals surface area (Å²) in [5.41, 5.74) is 1.48.